The van der Waals surface area contributed by atoms with Crippen molar-refractivity contribution in [2.45, 2.75) is 13.3 Å². The Kier molecular flexibility index (Phi) is 4.93. The summed E-state index contributed by atoms with van der Waals surface area (Å²) < 4.78 is 5.53. The lowest BCUT2D eigenvalue weighted by molar-refractivity contribution is 0.0697. The molecule has 6 nitrogen and oxygen atoms in total. The van der Waals surface area contributed by atoms with Crippen LogP contribution in [0.5, 0.6) is 5.75 Å². The molecule has 1 aromatic heterocycles. The lowest BCUT2D eigenvalue weighted by Gasteiger charge is -2.14. The first-order chi connectivity index (χ1) is 10.5. The van der Waals surface area contributed by atoms with E-state index in [2.05, 4.69) is 16.9 Å². The lowest BCUT2D eigenvalue weighted by atomic mass is 10.2. The van der Waals surface area contributed by atoms with Crippen LogP contribution in [-0.2, 0) is 0 Å². The number of anilines is 1. The van der Waals surface area contributed by atoms with Gasteiger partial charge in [0.25, 0.3) is 0 Å². The summed E-state index contributed by atoms with van der Waals surface area (Å²) in [4.78, 5) is 21.4. The molecule has 0 bridgehead atoms. The summed E-state index contributed by atoms with van der Waals surface area (Å²) in [5.41, 5.74) is 0.889. The maximum atomic E-state index is 11.2. The van der Waals surface area contributed by atoms with Crippen molar-refractivity contribution in [2.75, 3.05) is 25.6 Å². The second-order valence-electron chi connectivity index (χ2n) is 5.00. The number of nitrogens with zero attached hydrogens (tertiary/aromatic N) is 3. The van der Waals surface area contributed by atoms with E-state index in [1.54, 1.807) is 19.0 Å². The molecule has 0 fully saturated rings. The molecule has 0 radical (unpaired) electrons. The minimum atomic E-state index is -1.04. The summed E-state index contributed by atoms with van der Waals surface area (Å²) in [5, 5.41) is 9.17. The number of rotatable bonds is 6. The zero-order valence-corrected chi connectivity index (χ0v) is 12.9. The van der Waals surface area contributed by atoms with Crippen LogP contribution in [0.1, 0.15) is 23.7 Å². The summed E-state index contributed by atoms with van der Waals surface area (Å²) in [6, 6.07) is 7.43. The molecule has 1 N–H and O–H groups in total. The molecule has 0 aliphatic carbocycles. The van der Waals surface area contributed by atoms with Crippen LogP contribution in [0.25, 0.3) is 11.4 Å². The van der Waals surface area contributed by atoms with E-state index in [0.29, 0.717) is 18.2 Å². The Morgan fingerprint density at radius 2 is 1.95 bits per heavy atom. The van der Waals surface area contributed by atoms with Gasteiger partial charge in [-0.3, -0.25) is 0 Å². The highest BCUT2D eigenvalue weighted by Crippen LogP contribution is 2.23. The van der Waals surface area contributed by atoms with Crippen LogP contribution in [-0.4, -0.2) is 41.7 Å². The van der Waals surface area contributed by atoms with Gasteiger partial charge in [0.2, 0.25) is 0 Å². The lowest BCUT2D eigenvalue weighted by Crippen LogP contribution is -2.16. The number of aromatic carboxylic acids is 1. The highest BCUT2D eigenvalue weighted by atomic mass is 16.5. The van der Waals surface area contributed by atoms with Gasteiger partial charge in [0.05, 0.1) is 6.61 Å². The smallest absolute Gasteiger partial charge is 0.341 e. The SMILES string of the molecule is CCCOc1ccc(-c2ncc(C(=O)O)c(N(C)C)n2)cc1. The van der Waals surface area contributed by atoms with Gasteiger partial charge < -0.3 is 14.7 Å². The Morgan fingerprint density at radius 1 is 1.27 bits per heavy atom. The van der Waals surface area contributed by atoms with Gasteiger partial charge in [-0.1, -0.05) is 6.92 Å². The van der Waals surface area contributed by atoms with Crippen molar-refractivity contribution in [1.82, 2.24) is 9.97 Å². The van der Waals surface area contributed by atoms with E-state index in [9.17, 15) is 9.90 Å². The summed E-state index contributed by atoms with van der Waals surface area (Å²) in [7, 11) is 3.50. The Labute approximate surface area is 129 Å². The zero-order chi connectivity index (χ0) is 16.1. The summed E-state index contributed by atoms with van der Waals surface area (Å²) in [6.45, 7) is 2.73. The van der Waals surface area contributed by atoms with Crippen molar-refractivity contribution in [3.05, 3.63) is 36.0 Å². The average molecular weight is 301 g/mol. The Balaban J connectivity index is 2.32. The number of carbonyl (C=O) groups is 1. The van der Waals surface area contributed by atoms with E-state index < -0.39 is 5.97 Å². The number of carboxylic acid groups (broad SMARTS) is 1. The van der Waals surface area contributed by atoms with Crippen LogP contribution in [0.2, 0.25) is 0 Å². The average Bonchev–Trinajstić information content (AvgIpc) is 2.52. The number of ether oxygens (including phenoxy) is 1. The zero-order valence-electron chi connectivity index (χ0n) is 12.9. The van der Waals surface area contributed by atoms with Gasteiger partial charge in [-0.15, -0.1) is 0 Å². The maximum Gasteiger partial charge on any atom is 0.341 e. The largest absolute Gasteiger partial charge is 0.494 e. The number of aromatic nitrogens is 2. The molecule has 2 rings (SSSR count). The minimum absolute atomic E-state index is 0.0802. The number of carboxylic acids is 1. The predicted molar refractivity (Wildman–Crippen MR) is 84.5 cm³/mol. The Hall–Kier alpha value is -2.63. The third-order valence-electron chi connectivity index (χ3n) is 3.01. The van der Waals surface area contributed by atoms with Crippen LogP contribution >= 0.6 is 0 Å². The summed E-state index contributed by atoms with van der Waals surface area (Å²) >= 11 is 0. The van der Waals surface area contributed by atoms with Gasteiger partial charge in [-0.25, -0.2) is 14.8 Å². The van der Waals surface area contributed by atoms with Crippen molar-refractivity contribution in [1.29, 1.82) is 0 Å². The molecule has 0 saturated heterocycles. The molecule has 1 aromatic carbocycles. The van der Waals surface area contributed by atoms with Gasteiger partial charge in [-0.05, 0) is 30.7 Å². The van der Waals surface area contributed by atoms with E-state index >= 15 is 0 Å². The standard InChI is InChI=1S/C16H19N3O3/c1-4-9-22-12-7-5-11(6-8-12)14-17-10-13(16(20)21)15(18-14)19(2)3/h5-8,10H,4,9H2,1-3H3,(H,20,21). The van der Waals surface area contributed by atoms with Crippen LogP contribution in [0.4, 0.5) is 5.82 Å². The van der Waals surface area contributed by atoms with Crippen LogP contribution in [0, 0.1) is 0 Å². The van der Waals surface area contributed by atoms with Crippen LogP contribution in [0.15, 0.2) is 30.5 Å². The second-order valence-corrected chi connectivity index (χ2v) is 5.00. The Bertz CT molecular complexity index is 654. The number of hydrogen-bond donors (Lipinski definition) is 1. The molecule has 0 amide bonds. The predicted octanol–water partition coefficient (Wildman–Crippen LogP) is 2.70. The first-order valence-electron chi connectivity index (χ1n) is 7.03. The van der Waals surface area contributed by atoms with E-state index in [0.717, 1.165) is 17.7 Å². The van der Waals surface area contributed by atoms with Crippen molar-refractivity contribution in [3.63, 3.8) is 0 Å². The van der Waals surface area contributed by atoms with Crippen molar-refractivity contribution in [2.24, 2.45) is 0 Å². The van der Waals surface area contributed by atoms with Gasteiger partial charge in [0.15, 0.2) is 5.82 Å². The molecule has 2 aromatic rings. The maximum absolute atomic E-state index is 11.2. The number of hydrogen-bond acceptors (Lipinski definition) is 5. The molecule has 0 unspecified atom stereocenters. The number of benzene rings is 1. The third kappa shape index (κ3) is 3.52. The molecule has 0 atom stereocenters. The minimum Gasteiger partial charge on any atom is -0.494 e. The summed E-state index contributed by atoms with van der Waals surface area (Å²) in [6.07, 6.45) is 2.29. The fourth-order valence-electron chi connectivity index (χ4n) is 1.92. The highest BCUT2D eigenvalue weighted by molar-refractivity contribution is 5.93. The normalized spacial score (nSPS) is 10.3. The molecular weight excluding hydrogens is 282 g/mol. The van der Waals surface area contributed by atoms with Gasteiger partial charge >= 0.3 is 5.97 Å². The third-order valence-corrected chi connectivity index (χ3v) is 3.01. The van der Waals surface area contributed by atoms with Crippen molar-refractivity contribution >= 4 is 11.8 Å². The second kappa shape index (κ2) is 6.89. The van der Waals surface area contributed by atoms with E-state index in [-0.39, 0.29) is 5.56 Å². The molecular formula is C16H19N3O3. The fraction of sp³-hybridized carbons (Fsp3) is 0.312. The highest BCUT2D eigenvalue weighted by Gasteiger charge is 2.15. The topological polar surface area (TPSA) is 75.6 Å². The monoisotopic (exact) mass is 301 g/mol. The van der Waals surface area contributed by atoms with Crippen molar-refractivity contribution < 1.29 is 14.6 Å². The van der Waals surface area contributed by atoms with E-state index in [4.69, 9.17) is 4.74 Å². The van der Waals surface area contributed by atoms with Crippen molar-refractivity contribution in [3.8, 4) is 17.1 Å². The fourth-order valence-corrected chi connectivity index (χ4v) is 1.92. The molecule has 0 spiro atoms. The summed E-state index contributed by atoms with van der Waals surface area (Å²) in [5.74, 6) is 0.610. The Morgan fingerprint density at radius 3 is 2.50 bits per heavy atom. The quantitative estimate of drug-likeness (QED) is 0.884. The molecule has 0 aliphatic rings. The first kappa shape index (κ1) is 15.8. The molecule has 0 aliphatic heterocycles. The van der Waals surface area contributed by atoms with Crippen LogP contribution < -0.4 is 9.64 Å². The molecule has 6 heteroatoms. The van der Waals surface area contributed by atoms with Gasteiger partial charge in [-0.2, -0.15) is 0 Å². The molecule has 0 saturated carbocycles. The van der Waals surface area contributed by atoms with Gasteiger partial charge in [0, 0.05) is 25.9 Å². The van der Waals surface area contributed by atoms with Gasteiger partial charge in [0.1, 0.15) is 17.1 Å². The van der Waals surface area contributed by atoms with E-state index in [1.165, 1.54) is 6.20 Å². The van der Waals surface area contributed by atoms with E-state index in [1.807, 2.05) is 24.3 Å². The van der Waals surface area contributed by atoms with Crippen LogP contribution in [0.3, 0.4) is 0 Å². The first-order valence-corrected chi connectivity index (χ1v) is 7.03. The molecule has 22 heavy (non-hydrogen) atoms. The molecule has 1 heterocycles. The molecule has 116 valence electrons.